The van der Waals surface area contributed by atoms with Crippen LogP contribution in [0.5, 0.6) is 0 Å². The van der Waals surface area contributed by atoms with Gasteiger partial charge in [0.05, 0.1) is 12.2 Å². The van der Waals surface area contributed by atoms with Crippen molar-refractivity contribution in [2.45, 2.75) is 32.5 Å². The first kappa shape index (κ1) is 9.66. The zero-order chi connectivity index (χ0) is 7.98. The molecule has 60 valence electrons. The Bertz CT molecular complexity index is 99.4. The number of hydrogen-bond acceptors (Lipinski definition) is 2. The molecule has 0 aliphatic rings. The molecule has 2 nitrogen and oxygen atoms in total. The number of hydrogen-bond donors (Lipinski definition) is 1. The van der Waals surface area contributed by atoms with Crippen molar-refractivity contribution in [2.24, 2.45) is 0 Å². The van der Waals surface area contributed by atoms with Crippen molar-refractivity contribution in [1.82, 2.24) is 0 Å². The molecule has 2 unspecified atom stereocenters. The molecule has 0 saturated carbocycles. The predicted molar refractivity (Wildman–Crippen MR) is 41.9 cm³/mol. The molecule has 0 aromatic rings. The molecule has 0 amide bonds. The Kier molecular flexibility index (Phi) is 5.26. The third-order valence-corrected chi connectivity index (χ3v) is 1.42. The van der Waals surface area contributed by atoms with Gasteiger partial charge in [0.15, 0.2) is 0 Å². The van der Waals surface area contributed by atoms with E-state index in [-0.39, 0.29) is 6.10 Å². The van der Waals surface area contributed by atoms with Crippen LogP contribution >= 0.6 is 0 Å². The summed E-state index contributed by atoms with van der Waals surface area (Å²) in [5, 5.41) is 9.24. The van der Waals surface area contributed by atoms with E-state index in [1.165, 1.54) is 0 Å². The topological polar surface area (TPSA) is 29.5 Å². The van der Waals surface area contributed by atoms with E-state index >= 15 is 0 Å². The van der Waals surface area contributed by atoms with Crippen LogP contribution < -0.4 is 0 Å². The quantitative estimate of drug-likeness (QED) is 0.603. The number of allylic oxidation sites excluding steroid dienone is 1. The van der Waals surface area contributed by atoms with Gasteiger partial charge in [-0.15, -0.1) is 0 Å². The van der Waals surface area contributed by atoms with E-state index in [9.17, 15) is 5.11 Å². The lowest BCUT2D eigenvalue weighted by Gasteiger charge is -2.12. The molecule has 2 heteroatoms. The maximum absolute atomic E-state index is 9.24. The Morgan fingerprint density at radius 2 is 2.20 bits per heavy atom. The van der Waals surface area contributed by atoms with E-state index in [1.807, 2.05) is 19.9 Å². The highest BCUT2D eigenvalue weighted by atomic mass is 16.5. The van der Waals surface area contributed by atoms with Gasteiger partial charge in [-0.05, 0) is 13.3 Å². The van der Waals surface area contributed by atoms with Crippen molar-refractivity contribution < 1.29 is 9.84 Å². The molecule has 0 fully saturated rings. The van der Waals surface area contributed by atoms with E-state index in [0.29, 0.717) is 0 Å². The molecule has 0 aromatic heterocycles. The second kappa shape index (κ2) is 5.45. The van der Waals surface area contributed by atoms with E-state index in [1.54, 1.807) is 13.2 Å². The Labute approximate surface area is 62.5 Å². The summed E-state index contributed by atoms with van der Waals surface area (Å²) in [6, 6.07) is 0. The Morgan fingerprint density at radius 1 is 1.60 bits per heavy atom. The van der Waals surface area contributed by atoms with E-state index in [4.69, 9.17) is 4.74 Å². The molecule has 0 spiro atoms. The van der Waals surface area contributed by atoms with Gasteiger partial charge in [-0.2, -0.15) is 0 Å². The van der Waals surface area contributed by atoms with Gasteiger partial charge >= 0.3 is 0 Å². The van der Waals surface area contributed by atoms with Crippen molar-refractivity contribution in [2.75, 3.05) is 7.11 Å². The molecule has 0 saturated heterocycles. The van der Waals surface area contributed by atoms with Crippen LogP contribution in [-0.4, -0.2) is 24.4 Å². The van der Waals surface area contributed by atoms with Gasteiger partial charge in [0.2, 0.25) is 0 Å². The largest absolute Gasteiger partial charge is 0.386 e. The maximum Gasteiger partial charge on any atom is 0.0979 e. The van der Waals surface area contributed by atoms with Crippen LogP contribution in [0, 0.1) is 0 Å². The number of rotatable bonds is 4. The van der Waals surface area contributed by atoms with Crippen LogP contribution in [0.1, 0.15) is 20.3 Å². The van der Waals surface area contributed by atoms with E-state index in [2.05, 4.69) is 0 Å². The Hall–Kier alpha value is -0.340. The van der Waals surface area contributed by atoms with Crippen LogP contribution in [0.15, 0.2) is 12.2 Å². The summed E-state index contributed by atoms with van der Waals surface area (Å²) in [7, 11) is 1.59. The van der Waals surface area contributed by atoms with Crippen LogP contribution in [0.25, 0.3) is 0 Å². The number of aliphatic hydroxyl groups excluding tert-OH is 1. The van der Waals surface area contributed by atoms with Gasteiger partial charge in [-0.1, -0.05) is 19.1 Å². The molecule has 1 N–H and O–H groups in total. The molecule has 0 aliphatic carbocycles. The van der Waals surface area contributed by atoms with E-state index in [0.717, 1.165) is 6.42 Å². The second-order valence-corrected chi connectivity index (χ2v) is 2.27. The van der Waals surface area contributed by atoms with Crippen molar-refractivity contribution >= 4 is 0 Å². The van der Waals surface area contributed by atoms with Gasteiger partial charge in [0.25, 0.3) is 0 Å². The molecule has 0 radical (unpaired) electrons. The van der Waals surface area contributed by atoms with Crippen LogP contribution in [-0.2, 0) is 4.74 Å². The lowest BCUT2D eigenvalue weighted by molar-refractivity contribution is 0.0244. The summed E-state index contributed by atoms with van der Waals surface area (Å²) >= 11 is 0. The minimum absolute atomic E-state index is 0.109. The third kappa shape index (κ3) is 3.64. The molecular weight excluding hydrogens is 128 g/mol. The lowest BCUT2D eigenvalue weighted by atomic mass is 10.2. The molecular formula is C8H16O2. The van der Waals surface area contributed by atoms with Crippen molar-refractivity contribution in [3.05, 3.63) is 12.2 Å². The lowest BCUT2D eigenvalue weighted by Crippen LogP contribution is -2.22. The Balaban J connectivity index is 3.60. The van der Waals surface area contributed by atoms with Gasteiger partial charge in [0, 0.05) is 7.11 Å². The molecule has 0 aromatic carbocycles. The van der Waals surface area contributed by atoms with Gasteiger partial charge in [-0.25, -0.2) is 0 Å². The summed E-state index contributed by atoms with van der Waals surface area (Å²) in [5.41, 5.74) is 0. The van der Waals surface area contributed by atoms with E-state index < -0.39 is 6.10 Å². The number of aliphatic hydroxyl groups is 1. The van der Waals surface area contributed by atoms with Gasteiger partial charge in [0.1, 0.15) is 0 Å². The summed E-state index contributed by atoms with van der Waals surface area (Å²) in [6.45, 7) is 3.87. The van der Waals surface area contributed by atoms with Crippen LogP contribution in [0.2, 0.25) is 0 Å². The minimum Gasteiger partial charge on any atom is -0.386 e. The fourth-order valence-electron chi connectivity index (χ4n) is 0.571. The molecule has 2 atom stereocenters. The number of ether oxygens (including phenoxy) is 1. The summed E-state index contributed by atoms with van der Waals surface area (Å²) in [6.07, 6.45) is 4.06. The van der Waals surface area contributed by atoms with Gasteiger partial charge < -0.3 is 9.84 Å². The highest BCUT2D eigenvalue weighted by Gasteiger charge is 2.07. The smallest absolute Gasteiger partial charge is 0.0979 e. The van der Waals surface area contributed by atoms with Gasteiger partial charge in [-0.3, -0.25) is 0 Å². The molecule has 0 rings (SSSR count). The normalized spacial score (nSPS) is 17.6. The number of methoxy groups -OCH3 is 1. The van der Waals surface area contributed by atoms with Crippen molar-refractivity contribution in [3.63, 3.8) is 0 Å². The summed E-state index contributed by atoms with van der Waals surface area (Å²) < 4.78 is 4.91. The minimum atomic E-state index is -0.468. The highest BCUT2D eigenvalue weighted by Crippen LogP contribution is 1.98. The average molecular weight is 144 g/mol. The monoisotopic (exact) mass is 144 g/mol. The zero-order valence-electron chi connectivity index (χ0n) is 6.87. The fourth-order valence-corrected chi connectivity index (χ4v) is 0.571. The summed E-state index contributed by atoms with van der Waals surface area (Å²) in [4.78, 5) is 0. The molecule has 10 heavy (non-hydrogen) atoms. The standard InChI is InChI=1S/C8H16O2/c1-4-5-6-8(9)7(2)10-3/h5-9H,4H2,1-3H3. The Morgan fingerprint density at radius 3 is 2.60 bits per heavy atom. The predicted octanol–water partition coefficient (Wildman–Crippen LogP) is 1.35. The molecule has 0 bridgehead atoms. The zero-order valence-corrected chi connectivity index (χ0v) is 6.87. The second-order valence-electron chi connectivity index (χ2n) is 2.27. The maximum atomic E-state index is 9.24. The molecule has 0 heterocycles. The fraction of sp³-hybridized carbons (Fsp3) is 0.750. The average Bonchev–Trinajstić information content (AvgIpc) is 1.98. The van der Waals surface area contributed by atoms with Crippen molar-refractivity contribution in [3.8, 4) is 0 Å². The SMILES string of the molecule is CCC=CC(O)C(C)OC. The van der Waals surface area contributed by atoms with Crippen LogP contribution in [0.4, 0.5) is 0 Å². The first-order valence-electron chi connectivity index (χ1n) is 3.59. The summed E-state index contributed by atoms with van der Waals surface area (Å²) in [5.74, 6) is 0. The van der Waals surface area contributed by atoms with Crippen molar-refractivity contribution in [1.29, 1.82) is 0 Å². The third-order valence-electron chi connectivity index (χ3n) is 1.42. The van der Waals surface area contributed by atoms with Crippen LogP contribution in [0.3, 0.4) is 0 Å². The first-order valence-corrected chi connectivity index (χ1v) is 3.59. The first-order chi connectivity index (χ1) is 4.72. The highest BCUT2D eigenvalue weighted by molar-refractivity contribution is 4.90. The molecule has 0 aliphatic heterocycles.